The summed E-state index contributed by atoms with van der Waals surface area (Å²) in [6.45, 7) is 0. The zero-order valence-electron chi connectivity index (χ0n) is 8.93. The Kier molecular flexibility index (Phi) is 4.12. The second kappa shape index (κ2) is 5.45. The maximum Gasteiger partial charge on any atom is 0.130 e. The van der Waals surface area contributed by atoms with E-state index in [2.05, 4.69) is 31.9 Å². The van der Waals surface area contributed by atoms with Gasteiger partial charge in [-0.15, -0.1) is 0 Å². The van der Waals surface area contributed by atoms with Gasteiger partial charge in [0.2, 0.25) is 0 Å². The molecular weight excluding hydrogens is 373 g/mol. The first-order chi connectivity index (χ1) is 8.49. The molecule has 0 nitrogen and oxygen atoms in total. The van der Waals surface area contributed by atoms with Crippen molar-refractivity contribution in [3.63, 3.8) is 0 Å². The molecule has 0 fully saturated rings. The fourth-order valence-electron chi connectivity index (χ4n) is 1.58. The Morgan fingerprint density at radius 1 is 0.833 bits per heavy atom. The van der Waals surface area contributed by atoms with E-state index in [-0.39, 0.29) is 5.82 Å². The summed E-state index contributed by atoms with van der Waals surface area (Å²) in [4.78, 5) is -0.479. The molecule has 0 aliphatic rings. The molecule has 2 aromatic carbocycles. The van der Waals surface area contributed by atoms with Gasteiger partial charge in [-0.05, 0) is 23.8 Å². The van der Waals surface area contributed by atoms with E-state index in [1.807, 2.05) is 0 Å². The lowest BCUT2D eigenvalue weighted by Crippen LogP contribution is -1.98. The molecular formula is C13H7Br2F3. The molecule has 2 aromatic rings. The van der Waals surface area contributed by atoms with Crippen molar-refractivity contribution in [2.24, 2.45) is 0 Å². The number of hydrogen-bond acceptors (Lipinski definition) is 0. The topological polar surface area (TPSA) is 0 Å². The van der Waals surface area contributed by atoms with Gasteiger partial charge in [-0.2, -0.15) is 0 Å². The highest BCUT2D eigenvalue weighted by atomic mass is 79.9. The lowest BCUT2D eigenvalue weighted by atomic mass is 10.0. The van der Waals surface area contributed by atoms with Gasteiger partial charge in [-0.1, -0.05) is 44.0 Å². The van der Waals surface area contributed by atoms with E-state index < -0.39 is 16.5 Å². The Balaban J connectivity index is 2.44. The summed E-state index contributed by atoms with van der Waals surface area (Å²) in [6, 6.07) is 7.49. The van der Waals surface area contributed by atoms with Crippen LogP contribution in [0.3, 0.4) is 0 Å². The predicted octanol–water partition coefficient (Wildman–Crippen LogP) is 5.35. The maximum absolute atomic E-state index is 13.6. The van der Waals surface area contributed by atoms with E-state index in [9.17, 15) is 13.2 Å². The Hall–Kier alpha value is -0.810. The van der Waals surface area contributed by atoms with Crippen molar-refractivity contribution >= 4 is 31.9 Å². The van der Waals surface area contributed by atoms with Gasteiger partial charge in [0.05, 0.1) is 4.83 Å². The molecule has 0 aromatic heterocycles. The van der Waals surface area contributed by atoms with Crippen LogP contribution >= 0.6 is 31.9 Å². The summed E-state index contributed by atoms with van der Waals surface area (Å²) in [7, 11) is 0. The molecule has 0 aliphatic carbocycles. The van der Waals surface area contributed by atoms with Gasteiger partial charge in [-0.25, -0.2) is 13.2 Å². The average molecular weight is 380 g/mol. The number of alkyl halides is 1. The van der Waals surface area contributed by atoms with Crippen molar-refractivity contribution in [1.82, 2.24) is 0 Å². The normalized spacial score (nSPS) is 12.5. The molecule has 0 radical (unpaired) electrons. The van der Waals surface area contributed by atoms with Crippen LogP contribution in [0.15, 0.2) is 40.9 Å². The van der Waals surface area contributed by atoms with Crippen LogP contribution in [0.1, 0.15) is 16.0 Å². The van der Waals surface area contributed by atoms with Gasteiger partial charge in [0.1, 0.15) is 17.5 Å². The van der Waals surface area contributed by atoms with Crippen LogP contribution in [-0.4, -0.2) is 0 Å². The first kappa shape index (κ1) is 13.6. The minimum Gasteiger partial charge on any atom is -0.207 e. The highest BCUT2D eigenvalue weighted by Crippen LogP contribution is 2.36. The molecule has 5 heteroatoms. The van der Waals surface area contributed by atoms with E-state index >= 15 is 0 Å². The van der Waals surface area contributed by atoms with Crippen LogP contribution in [0.2, 0.25) is 0 Å². The van der Waals surface area contributed by atoms with Crippen molar-refractivity contribution in [3.8, 4) is 0 Å². The molecule has 0 saturated heterocycles. The Morgan fingerprint density at radius 3 is 1.94 bits per heavy atom. The third kappa shape index (κ3) is 2.78. The zero-order chi connectivity index (χ0) is 13.3. The van der Waals surface area contributed by atoms with E-state index in [0.717, 1.165) is 6.07 Å². The van der Waals surface area contributed by atoms with E-state index in [4.69, 9.17) is 0 Å². The molecule has 1 atom stereocenters. The molecule has 0 heterocycles. The molecule has 0 saturated carbocycles. The van der Waals surface area contributed by atoms with Gasteiger partial charge in [0.15, 0.2) is 0 Å². The van der Waals surface area contributed by atoms with Crippen molar-refractivity contribution in [1.29, 1.82) is 0 Å². The first-order valence-corrected chi connectivity index (χ1v) is 6.74. The van der Waals surface area contributed by atoms with Gasteiger partial charge in [-0.3, -0.25) is 0 Å². The largest absolute Gasteiger partial charge is 0.207 e. The molecule has 0 aliphatic heterocycles. The lowest BCUT2D eigenvalue weighted by Gasteiger charge is -2.13. The summed E-state index contributed by atoms with van der Waals surface area (Å²) in [6.07, 6.45) is 0. The third-order valence-electron chi connectivity index (χ3n) is 2.47. The smallest absolute Gasteiger partial charge is 0.130 e. The molecule has 0 bridgehead atoms. The molecule has 0 spiro atoms. The Bertz CT molecular complexity index is 533. The van der Waals surface area contributed by atoms with Crippen molar-refractivity contribution < 1.29 is 13.2 Å². The summed E-state index contributed by atoms with van der Waals surface area (Å²) in [5.41, 5.74) is 0.964. The standard InChI is InChI=1S/C13H7Br2F3/c14-11-5-7(16)1-3-9(11)13(15)10-4-2-8(17)6-12(10)18/h1-6,13H. The summed E-state index contributed by atoms with van der Waals surface area (Å²) in [5.74, 6) is -1.66. The fourth-order valence-corrected chi connectivity index (χ4v) is 3.24. The SMILES string of the molecule is Fc1ccc(C(Br)c2ccc(F)cc2Br)c(F)c1. The lowest BCUT2D eigenvalue weighted by molar-refractivity contribution is 0.574. The summed E-state index contributed by atoms with van der Waals surface area (Å²) in [5, 5.41) is 0. The monoisotopic (exact) mass is 378 g/mol. The molecule has 2 rings (SSSR count). The highest BCUT2D eigenvalue weighted by Gasteiger charge is 2.18. The van der Waals surface area contributed by atoms with Crippen molar-refractivity contribution in [3.05, 3.63) is 69.4 Å². The first-order valence-electron chi connectivity index (χ1n) is 5.03. The summed E-state index contributed by atoms with van der Waals surface area (Å²) < 4.78 is 40.0. The van der Waals surface area contributed by atoms with E-state index in [1.54, 1.807) is 6.07 Å². The third-order valence-corrected chi connectivity index (χ3v) is 4.14. The Morgan fingerprint density at radius 2 is 1.39 bits per heavy atom. The van der Waals surface area contributed by atoms with Gasteiger partial charge >= 0.3 is 0 Å². The number of rotatable bonds is 2. The number of hydrogen-bond donors (Lipinski definition) is 0. The second-order valence-electron chi connectivity index (χ2n) is 3.69. The van der Waals surface area contributed by atoms with Crippen LogP contribution in [0.25, 0.3) is 0 Å². The predicted molar refractivity (Wildman–Crippen MR) is 71.2 cm³/mol. The molecule has 1 unspecified atom stereocenters. The highest BCUT2D eigenvalue weighted by molar-refractivity contribution is 9.11. The fraction of sp³-hybridized carbons (Fsp3) is 0.0769. The maximum atomic E-state index is 13.6. The minimum atomic E-state index is -0.645. The summed E-state index contributed by atoms with van der Waals surface area (Å²) >= 11 is 6.55. The molecule has 94 valence electrons. The van der Waals surface area contributed by atoms with E-state index in [1.165, 1.54) is 24.3 Å². The van der Waals surface area contributed by atoms with Crippen LogP contribution < -0.4 is 0 Å². The average Bonchev–Trinajstić information content (AvgIpc) is 2.28. The van der Waals surface area contributed by atoms with Gasteiger partial charge in [0, 0.05) is 16.1 Å². The van der Waals surface area contributed by atoms with Crippen molar-refractivity contribution in [2.45, 2.75) is 4.83 Å². The van der Waals surface area contributed by atoms with Crippen LogP contribution in [0.5, 0.6) is 0 Å². The van der Waals surface area contributed by atoms with Crippen LogP contribution in [0, 0.1) is 17.5 Å². The van der Waals surface area contributed by atoms with Gasteiger partial charge in [0.25, 0.3) is 0 Å². The van der Waals surface area contributed by atoms with Crippen LogP contribution in [0.4, 0.5) is 13.2 Å². The molecule has 0 N–H and O–H groups in total. The Labute approximate surface area is 119 Å². The quantitative estimate of drug-likeness (QED) is 0.617. The second-order valence-corrected chi connectivity index (χ2v) is 5.46. The minimum absolute atomic E-state index is 0.295. The number of halogens is 5. The van der Waals surface area contributed by atoms with E-state index in [0.29, 0.717) is 15.6 Å². The zero-order valence-corrected chi connectivity index (χ0v) is 12.1. The van der Waals surface area contributed by atoms with Gasteiger partial charge < -0.3 is 0 Å². The van der Waals surface area contributed by atoms with Crippen LogP contribution in [-0.2, 0) is 0 Å². The number of benzene rings is 2. The van der Waals surface area contributed by atoms with Crippen molar-refractivity contribution in [2.75, 3.05) is 0 Å². The molecule has 0 amide bonds. The molecule has 18 heavy (non-hydrogen) atoms.